The van der Waals surface area contributed by atoms with Gasteiger partial charge >= 0.3 is 0 Å². The summed E-state index contributed by atoms with van der Waals surface area (Å²) in [5, 5.41) is 6.27. The predicted molar refractivity (Wildman–Crippen MR) is 101 cm³/mol. The molecule has 25 heavy (non-hydrogen) atoms. The van der Waals surface area contributed by atoms with Crippen molar-refractivity contribution in [3.63, 3.8) is 0 Å². The van der Waals surface area contributed by atoms with Crippen molar-refractivity contribution in [2.24, 2.45) is 0 Å². The Labute approximate surface area is 147 Å². The van der Waals surface area contributed by atoms with Crippen molar-refractivity contribution in [1.82, 2.24) is 10.3 Å². The smallest absolute Gasteiger partial charge is 0.253 e. The standard InChI is InChI=1S/C21H21N3O/c1-15-8-10-19(11-9-15)24-20-12-18(13-22-14-20)21(25)23-16(2)17-6-4-3-5-7-17/h3-14,16,24H,1-2H3,(H,23,25). The first-order chi connectivity index (χ1) is 12.1. The van der Waals surface area contributed by atoms with Crippen molar-refractivity contribution in [2.45, 2.75) is 19.9 Å². The Kier molecular flexibility index (Phi) is 5.09. The molecule has 0 spiro atoms. The molecular formula is C21H21N3O. The van der Waals surface area contributed by atoms with E-state index in [9.17, 15) is 4.79 Å². The molecule has 1 amide bonds. The number of hydrogen-bond donors (Lipinski definition) is 2. The Morgan fingerprint density at radius 1 is 0.960 bits per heavy atom. The number of carbonyl (C=O) groups excluding carboxylic acids is 1. The number of hydrogen-bond acceptors (Lipinski definition) is 3. The fourth-order valence-corrected chi connectivity index (χ4v) is 2.54. The first-order valence-corrected chi connectivity index (χ1v) is 8.26. The molecule has 1 unspecified atom stereocenters. The lowest BCUT2D eigenvalue weighted by Gasteiger charge is -2.14. The summed E-state index contributed by atoms with van der Waals surface area (Å²) in [7, 11) is 0. The molecule has 0 aliphatic carbocycles. The SMILES string of the molecule is Cc1ccc(Nc2cncc(C(=O)NC(C)c3ccccc3)c2)cc1. The number of amides is 1. The minimum absolute atomic E-state index is 0.0672. The molecule has 0 fully saturated rings. The van der Waals surface area contributed by atoms with Gasteiger partial charge in [-0.1, -0.05) is 48.0 Å². The normalized spacial score (nSPS) is 11.6. The summed E-state index contributed by atoms with van der Waals surface area (Å²) in [5.74, 6) is -0.142. The monoisotopic (exact) mass is 331 g/mol. The lowest BCUT2D eigenvalue weighted by atomic mass is 10.1. The molecule has 1 atom stereocenters. The highest BCUT2D eigenvalue weighted by molar-refractivity contribution is 5.95. The fraction of sp³-hybridized carbons (Fsp3) is 0.143. The van der Waals surface area contributed by atoms with Crippen molar-refractivity contribution in [2.75, 3.05) is 5.32 Å². The second-order valence-corrected chi connectivity index (χ2v) is 6.06. The van der Waals surface area contributed by atoms with Gasteiger partial charge < -0.3 is 10.6 Å². The second kappa shape index (κ2) is 7.62. The van der Waals surface area contributed by atoms with Crippen LogP contribution >= 0.6 is 0 Å². The molecule has 3 rings (SSSR count). The van der Waals surface area contributed by atoms with Crippen LogP contribution in [0, 0.1) is 6.92 Å². The van der Waals surface area contributed by atoms with Gasteiger partial charge in [0.2, 0.25) is 0 Å². The molecule has 126 valence electrons. The van der Waals surface area contributed by atoms with Crippen molar-refractivity contribution in [3.05, 3.63) is 89.7 Å². The Morgan fingerprint density at radius 2 is 1.68 bits per heavy atom. The Hall–Kier alpha value is -3.14. The Balaban J connectivity index is 1.70. The van der Waals surface area contributed by atoms with Crippen molar-refractivity contribution in [3.8, 4) is 0 Å². The first kappa shape index (κ1) is 16.7. The van der Waals surface area contributed by atoms with Gasteiger partial charge in [-0.3, -0.25) is 9.78 Å². The molecule has 2 N–H and O–H groups in total. The summed E-state index contributed by atoms with van der Waals surface area (Å²) in [6.07, 6.45) is 3.28. The Bertz CT molecular complexity index is 845. The van der Waals surface area contributed by atoms with Crippen LogP contribution in [0.2, 0.25) is 0 Å². The highest BCUT2D eigenvalue weighted by Gasteiger charge is 2.12. The van der Waals surface area contributed by atoms with Crippen LogP contribution in [0.5, 0.6) is 0 Å². The average molecular weight is 331 g/mol. The van der Waals surface area contributed by atoms with E-state index >= 15 is 0 Å². The van der Waals surface area contributed by atoms with E-state index in [0.29, 0.717) is 5.56 Å². The zero-order valence-corrected chi connectivity index (χ0v) is 14.4. The number of nitrogens with one attached hydrogen (secondary N) is 2. The molecule has 0 aliphatic rings. The number of pyridine rings is 1. The fourth-order valence-electron chi connectivity index (χ4n) is 2.54. The van der Waals surface area contributed by atoms with Gasteiger partial charge in [0.1, 0.15) is 0 Å². The van der Waals surface area contributed by atoms with E-state index in [1.54, 1.807) is 18.5 Å². The van der Waals surface area contributed by atoms with Crippen LogP contribution in [0.4, 0.5) is 11.4 Å². The summed E-state index contributed by atoms with van der Waals surface area (Å²) >= 11 is 0. The first-order valence-electron chi connectivity index (χ1n) is 8.26. The number of anilines is 2. The minimum atomic E-state index is -0.142. The van der Waals surface area contributed by atoms with E-state index in [4.69, 9.17) is 0 Å². The van der Waals surface area contributed by atoms with Crippen LogP contribution in [0.15, 0.2) is 73.1 Å². The van der Waals surface area contributed by atoms with Crippen LogP contribution in [-0.4, -0.2) is 10.9 Å². The van der Waals surface area contributed by atoms with Crippen molar-refractivity contribution in [1.29, 1.82) is 0 Å². The van der Waals surface area contributed by atoms with E-state index in [1.165, 1.54) is 5.56 Å². The molecule has 1 heterocycles. The quantitative estimate of drug-likeness (QED) is 0.717. The molecule has 0 radical (unpaired) electrons. The van der Waals surface area contributed by atoms with Crippen molar-refractivity contribution < 1.29 is 4.79 Å². The van der Waals surface area contributed by atoms with Gasteiger partial charge in [0, 0.05) is 11.9 Å². The average Bonchev–Trinajstić information content (AvgIpc) is 2.64. The van der Waals surface area contributed by atoms with Gasteiger partial charge in [0.05, 0.1) is 23.5 Å². The van der Waals surface area contributed by atoms with E-state index < -0.39 is 0 Å². The van der Waals surface area contributed by atoms with Gasteiger partial charge in [-0.05, 0) is 37.6 Å². The molecule has 1 aromatic heterocycles. The van der Waals surface area contributed by atoms with E-state index in [2.05, 4.69) is 15.6 Å². The third kappa shape index (κ3) is 4.44. The van der Waals surface area contributed by atoms with Crippen LogP contribution in [-0.2, 0) is 0 Å². The molecule has 0 saturated carbocycles. The van der Waals surface area contributed by atoms with E-state index in [1.807, 2.05) is 68.4 Å². The molecule has 2 aromatic carbocycles. The van der Waals surface area contributed by atoms with Gasteiger partial charge in [0.25, 0.3) is 5.91 Å². The lowest BCUT2D eigenvalue weighted by Crippen LogP contribution is -2.26. The van der Waals surface area contributed by atoms with Crippen LogP contribution in [0.1, 0.15) is 34.5 Å². The number of aryl methyl sites for hydroxylation is 1. The molecule has 0 aliphatic heterocycles. The number of carbonyl (C=O) groups is 1. The third-order valence-corrected chi connectivity index (χ3v) is 3.99. The summed E-state index contributed by atoms with van der Waals surface area (Å²) in [5.41, 5.74) is 4.54. The zero-order chi connectivity index (χ0) is 17.6. The molecule has 4 heteroatoms. The third-order valence-electron chi connectivity index (χ3n) is 3.99. The summed E-state index contributed by atoms with van der Waals surface area (Å²) < 4.78 is 0. The highest BCUT2D eigenvalue weighted by atomic mass is 16.1. The van der Waals surface area contributed by atoms with E-state index in [0.717, 1.165) is 16.9 Å². The number of benzene rings is 2. The summed E-state index contributed by atoms with van der Waals surface area (Å²) in [6, 6.07) is 19.7. The van der Waals surface area contributed by atoms with Crippen LogP contribution in [0.3, 0.4) is 0 Å². The largest absolute Gasteiger partial charge is 0.354 e. The highest BCUT2D eigenvalue weighted by Crippen LogP contribution is 2.18. The maximum Gasteiger partial charge on any atom is 0.253 e. The molecule has 0 bridgehead atoms. The van der Waals surface area contributed by atoms with Gasteiger partial charge in [0.15, 0.2) is 0 Å². The maximum absolute atomic E-state index is 12.5. The molecule has 0 saturated heterocycles. The van der Waals surface area contributed by atoms with Gasteiger partial charge in [-0.2, -0.15) is 0 Å². The van der Waals surface area contributed by atoms with E-state index in [-0.39, 0.29) is 11.9 Å². The summed E-state index contributed by atoms with van der Waals surface area (Å²) in [6.45, 7) is 4.01. The minimum Gasteiger partial charge on any atom is -0.354 e. The zero-order valence-electron chi connectivity index (χ0n) is 14.4. The maximum atomic E-state index is 12.5. The number of rotatable bonds is 5. The molecule has 3 aromatic rings. The molecular weight excluding hydrogens is 310 g/mol. The van der Waals surface area contributed by atoms with Crippen molar-refractivity contribution >= 4 is 17.3 Å². The van der Waals surface area contributed by atoms with Crippen LogP contribution < -0.4 is 10.6 Å². The summed E-state index contributed by atoms with van der Waals surface area (Å²) in [4.78, 5) is 16.7. The Morgan fingerprint density at radius 3 is 2.40 bits per heavy atom. The topological polar surface area (TPSA) is 54.0 Å². The second-order valence-electron chi connectivity index (χ2n) is 6.06. The number of nitrogens with zero attached hydrogens (tertiary/aromatic N) is 1. The van der Waals surface area contributed by atoms with Gasteiger partial charge in [-0.25, -0.2) is 0 Å². The van der Waals surface area contributed by atoms with Crippen LogP contribution in [0.25, 0.3) is 0 Å². The molecule has 4 nitrogen and oxygen atoms in total. The predicted octanol–water partition coefficient (Wildman–Crippen LogP) is 4.62. The van der Waals surface area contributed by atoms with Gasteiger partial charge in [-0.15, -0.1) is 0 Å². The lowest BCUT2D eigenvalue weighted by molar-refractivity contribution is 0.0939. The number of aromatic nitrogens is 1.